The first-order valence-corrected chi connectivity index (χ1v) is 11.0. The van der Waals surface area contributed by atoms with Crippen LogP contribution in [0.1, 0.15) is 32.8 Å². The second kappa shape index (κ2) is 9.22. The number of hydrogen-bond donors (Lipinski definition) is 0. The predicted octanol–water partition coefficient (Wildman–Crippen LogP) is 6.35. The number of carbonyl (C=O) groups excluding carboxylic acids is 1. The maximum Gasteiger partial charge on any atom is 0.251 e. The van der Waals surface area contributed by atoms with Crippen molar-refractivity contribution >= 4 is 17.3 Å². The summed E-state index contributed by atoms with van der Waals surface area (Å²) in [7, 11) is 0. The third-order valence-corrected chi connectivity index (χ3v) is 6.28. The molecule has 31 heavy (non-hydrogen) atoms. The third kappa shape index (κ3) is 4.27. The maximum atomic E-state index is 13.4. The summed E-state index contributed by atoms with van der Waals surface area (Å²) in [5.41, 5.74) is 5.45. The minimum Gasteiger partial charge on any atom is -0.317 e. The Morgan fingerprint density at radius 3 is 1.81 bits per heavy atom. The summed E-state index contributed by atoms with van der Waals surface area (Å²) in [5.74, 6) is 0.139. The van der Waals surface area contributed by atoms with Crippen LogP contribution in [0.3, 0.4) is 0 Å². The standard InChI is InChI=1S/C28H30N2O/c1-21(19-20-24-13-7-4-8-14-24)29-27(22(2)23(3)28(29)31)30(25-15-9-5-10-16-25)26-17-11-6-12-18-26/h4-18,21,27H,19-20H2,1-3H3/t21-,27-/m1/s1. The third-order valence-electron chi connectivity index (χ3n) is 6.28. The van der Waals surface area contributed by atoms with Crippen LogP contribution in [-0.2, 0) is 11.2 Å². The molecule has 2 atom stereocenters. The first-order valence-electron chi connectivity index (χ1n) is 11.0. The van der Waals surface area contributed by atoms with E-state index in [1.807, 2.05) is 25.1 Å². The van der Waals surface area contributed by atoms with E-state index in [1.165, 1.54) is 5.56 Å². The lowest BCUT2D eigenvalue weighted by molar-refractivity contribution is -0.129. The molecule has 3 aromatic rings. The molecule has 0 radical (unpaired) electrons. The Bertz CT molecular complexity index is 1000. The van der Waals surface area contributed by atoms with Crippen LogP contribution in [0.2, 0.25) is 0 Å². The largest absolute Gasteiger partial charge is 0.317 e. The highest BCUT2D eigenvalue weighted by atomic mass is 16.2. The molecule has 158 valence electrons. The van der Waals surface area contributed by atoms with Crippen molar-refractivity contribution in [2.75, 3.05) is 4.90 Å². The molecule has 0 fully saturated rings. The van der Waals surface area contributed by atoms with Gasteiger partial charge in [0.15, 0.2) is 0 Å². The van der Waals surface area contributed by atoms with Gasteiger partial charge in [0, 0.05) is 23.0 Å². The summed E-state index contributed by atoms with van der Waals surface area (Å²) in [6, 6.07) is 31.4. The molecule has 1 heterocycles. The van der Waals surface area contributed by atoms with E-state index in [-0.39, 0.29) is 18.1 Å². The van der Waals surface area contributed by atoms with E-state index in [0.29, 0.717) is 0 Å². The van der Waals surface area contributed by atoms with Crippen LogP contribution in [0.5, 0.6) is 0 Å². The SMILES string of the molecule is CC1=C(C)[C@@H](N(c2ccccc2)c2ccccc2)N([C@H](C)CCc2ccccc2)C1=O. The molecule has 0 aromatic heterocycles. The first-order chi connectivity index (χ1) is 15.1. The maximum absolute atomic E-state index is 13.4. The highest BCUT2D eigenvalue weighted by Crippen LogP contribution is 2.38. The number of carbonyl (C=O) groups is 1. The van der Waals surface area contributed by atoms with Gasteiger partial charge in [0.2, 0.25) is 0 Å². The number of rotatable bonds is 7. The predicted molar refractivity (Wildman–Crippen MR) is 128 cm³/mol. The molecule has 0 spiro atoms. The van der Waals surface area contributed by atoms with E-state index in [1.54, 1.807) is 0 Å². The molecule has 1 aliphatic rings. The lowest BCUT2D eigenvalue weighted by atomic mass is 10.0. The van der Waals surface area contributed by atoms with Gasteiger partial charge in [-0.2, -0.15) is 0 Å². The number of anilines is 2. The van der Waals surface area contributed by atoms with Gasteiger partial charge in [-0.1, -0.05) is 66.7 Å². The minimum absolute atomic E-state index is 0.111. The summed E-state index contributed by atoms with van der Waals surface area (Å²) in [4.78, 5) is 17.8. The van der Waals surface area contributed by atoms with Crippen molar-refractivity contribution in [1.29, 1.82) is 0 Å². The molecule has 3 nitrogen and oxygen atoms in total. The second-order valence-corrected chi connectivity index (χ2v) is 8.31. The average Bonchev–Trinajstić information content (AvgIpc) is 3.04. The van der Waals surface area contributed by atoms with Gasteiger partial charge in [-0.15, -0.1) is 0 Å². The van der Waals surface area contributed by atoms with Gasteiger partial charge in [-0.05, 0) is 69.0 Å². The summed E-state index contributed by atoms with van der Waals surface area (Å²) in [6.45, 7) is 6.23. The molecule has 0 saturated heterocycles. The normalized spacial score (nSPS) is 17.2. The van der Waals surface area contributed by atoms with Crippen molar-refractivity contribution in [3.63, 3.8) is 0 Å². The van der Waals surface area contributed by atoms with Gasteiger partial charge >= 0.3 is 0 Å². The molecule has 1 amide bonds. The molecule has 0 unspecified atom stereocenters. The van der Waals surface area contributed by atoms with E-state index in [4.69, 9.17) is 0 Å². The van der Waals surface area contributed by atoms with E-state index in [0.717, 1.165) is 35.4 Å². The second-order valence-electron chi connectivity index (χ2n) is 8.31. The molecule has 0 saturated carbocycles. The highest BCUT2D eigenvalue weighted by Gasteiger charge is 2.41. The van der Waals surface area contributed by atoms with Gasteiger partial charge in [-0.3, -0.25) is 4.79 Å². The summed E-state index contributed by atoms with van der Waals surface area (Å²) >= 11 is 0. The fraction of sp³-hybridized carbons (Fsp3) is 0.250. The molecule has 0 N–H and O–H groups in total. The van der Waals surface area contributed by atoms with Crippen LogP contribution in [0.25, 0.3) is 0 Å². The Hall–Kier alpha value is -3.33. The number of aryl methyl sites for hydroxylation is 1. The Balaban J connectivity index is 1.70. The van der Waals surface area contributed by atoms with Crippen molar-refractivity contribution in [3.05, 3.63) is 108 Å². The molecular weight excluding hydrogens is 380 g/mol. The van der Waals surface area contributed by atoms with Crippen LogP contribution < -0.4 is 4.90 Å². The van der Waals surface area contributed by atoms with Crippen LogP contribution in [0.4, 0.5) is 11.4 Å². The van der Waals surface area contributed by atoms with Gasteiger partial charge in [0.25, 0.3) is 5.91 Å². The molecule has 0 aliphatic carbocycles. The van der Waals surface area contributed by atoms with E-state index in [9.17, 15) is 4.79 Å². The lowest BCUT2D eigenvalue weighted by Gasteiger charge is -2.41. The number of benzene rings is 3. The van der Waals surface area contributed by atoms with Crippen LogP contribution >= 0.6 is 0 Å². The Kier molecular flexibility index (Phi) is 6.22. The summed E-state index contributed by atoms with van der Waals surface area (Å²) in [5, 5.41) is 0. The Labute approximate surface area is 185 Å². The van der Waals surface area contributed by atoms with Crippen molar-refractivity contribution in [3.8, 4) is 0 Å². The van der Waals surface area contributed by atoms with E-state index in [2.05, 4.69) is 96.4 Å². The summed E-state index contributed by atoms with van der Waals surface area (Å²) in [6.07, 6.45) is 1.74. The zero-order valence-corrected chi connectivity index (χ0v) is 18.5. The van der Waals surface area contributed by atoms with Crippen molar-refractivity contribution in [2.24, 2.45) is 0 Å². The molecule has 0 bridgehead atoms. The average molecular weight is 411 g/mol. The van der Waals surface area contributed by atoms with Crippen molar-refractivity contribution in [1.82, 2.24) is 4.90 Å². The minimum atomic E-state index is -0.136. The fourth-order valence-electron chi connectivity index (χ4n) is 4.40. The van der Waals surface area contributed by atoms with Gasteiger partial charge in [0.1, 0.15) is 6.17 Å². The number of para-hydroxylation sites is 2. The number of nitrogens with zero attached hydrogens (tertiary/aromatic N) is 2. The first kappa shape index (κ1) is 20.9. The van der Waals surface area contributed by atoms with Gasteiger partial charge in [0.05, 0.1) is 0 Å². The smallest absolute Gasteiger partial charge is 0.251 e. The van der Waals surface area contributed by atoms with Crippen molar-refractivity contribution in [2.45, 2.75) is 45.8 Å². The molecular formula is C28H30N2O. The molecule has 3 heteroatoms. The van der Waals surface area contributed by atoms with E-state index >= 15 is 0 Å². The quantitative estimate of drug-likeness (QED) is 0.453. The topological polar surface area (TPSA) is 23.6 Å². The van der Waals surface area contributed by atoms with Gasteiger partial charge in [-0.25, -0.2) is 0 Å². The number of amides is 1. The van der Waals surface area contributed by atoms with Crippen molar-refractivity contribution < 1.29 is 4.79 Å². The van der Waals surface area contributed by atoms with Crippen LogP contribution in [0, 0.1) is 0 Å². The Morgan fingerprint density at radius 1 is 0.806 bits per heavy atom. The Morgan fingerprint density at radius 2 is 1.29 bits per heavy atom. The fourth-order valence-corrected chi connectivity index (χ4v) is 4.40. The molecule has 1 aliphatic heterocycles. The van der Waals surface area contributed by atoms with Gasteiger partial charge < -0.3 is 9.80 Å². The highest BCUT2D eigenvalue weighted by molar-refractivity contribution is 5.98. The van der Waals surface area contributed by atoms with E-state index < -0.39 is 0 Å². The lowest BCUT2D eigenvalue weighted by Crippen LogP contribution is -2.50. The zero-order valence-electron chi connectivity index (χ0n) is 18.5. The number of hydrogen-bond acceptors (Lipinski definition) is 2. The summed E-state index contributed by atoms with van der Waals surface area (Å²) < 4.78 is 0. The van der Waals surface area contributed by atoms with Crippen LogP contribution in [0.15, 0.2) is 102 Å². The molecule has 4 rings (SSSR count). The molecule has 3 aromatic carbocycles. The zero-order chi connectivity index (χ0) is 21.8. The monoisotopic (exact) mass is 410 g/mol. The van der Waals surface area contributed by atoms with Crippen LogP contribution in [-0.4, -0.2) is 23.0 Å².